The van der Waals surface area contributed by atoms with Crippen LogP contribution in [-0.2, 0) is 9.59 Å². The number of amides is 1. The zero-order chi connectivity index (χ0) is 20.4. The Balaban J connectivity index is 1.75. The maximum Gasteiger partial charge on any atom is 0.332 e. The summed E-state index contributed by atoms with van der Waals surface area (Å²) in [4.78, 5) is 24.1. The summed E-state index contributed by atoms with van der Waals surface area (Å²) in [6.07, 6.45) is 1.63. The van der Waals surface area contributed by atoms with E-state index in [-0.39, 0.29) is 11.5 Å². The Morgan fingerprint density at radius 3 is 2.45 bits per heavy atom. The minimum Gasteiger partial charge on any atom is -0.497 e. The number of carbonyl (C=O) groups excluding carboxylic acids is 1. The predicted octanol–water partition coefficient (Wildman–Crippen LogP) is 5.02. The molecule has 146 valence electrons. The van der Waals surface area contributed by atoms with Crippen LogP contribution in [0.15, 0.2) is 71.8 Å². The third kappa shape index (κ3) is 3.59. The minimum absolute atomic E-state index is 0.222. The fourth-order valence-electron chi connectivity index (χ4n) is 3.88. The second-order valence-electron chi connectivity index (χ2n) is 7.01. The zero-order valence-corrected chi connectivity index (χ0v) is 16.1. The van der Waals surface area contributed by atoms with Crippen LogP contribution >= 0.6 is 0 Å². The van der Waals surface area contributed by atoms with Gasteiger partial charge in [0.25, 0.3) is 5.91 Å². The number of fused-ring (bicyclic) bond motifs is 1. The molecular formula is C24H21NO4. The van der Waals surface area contributed by atoms with Crippen molar-refractivity contribution in [3.8, 4) is 16.9 Å². The summed E-state index contributed by atoms with van der Waals surface area (Å²) in [6.45, 7) is 0. The number of carboxylic acid groups (broad SMARTS) is 1. The molecule has 0 aromatic heterocycles. The molecule has 0 atom stereocenters. The third-order valence-corrected chi connectivity index (χ3v) is 5.30. The monoisotopic (exact) mass is 387 g/mol. The average molecular weight is 387 g/mol. The van der Waals surface area contributed by atoms with Crippen molar-refractivity contribution in [2.24, 2.45) is 0 Å². The van der Waals surface area contributed by atoms with Gasteiger partial charge in [-0.25, -0.2) is 4.79 Å². The van der Waals surface area contributed by atoms with Crippen molar-refractivity contribution >= 4 is 28.3 Å². The summed E-state index contributed by atoms with van der Waals surface area (Å²) in [7, 11) is 1.64. The van der Waals surface area contributed by atoms with Crippen LogP contribution in [0.5, 0.6) is 5.75 Å². The number of rotatable bonds is 5. The number of aliphatic carboxylic acids is 1. The number of nitrogens with one attached hydrogen (secondary N) is 1. The first-order valence-corrected chi connectivity index (χ1v) is 9.51. The largest absolute Gasteiger partial charge is 0.497 e. The highest BCUT2D eigenvalue weighted by molar-refractivity contribution is 6.13. The average Bonchev–Trinajstić information content (AvgIpc) is 3.24. The molecule has 0 bridgehead atoms. The first-order chi connectivity index (χ1) is 14.1. The van der Waals surface area contributed by atoms with Crippen molar-refractivity contribution in [2.45, 2.75) is 19.3 Å². The van der Waals surface area contributed by atoms with Crippen LogP contribution in [0.2, 0.25) is 0 Å². The zero-order valence-electron chi connectivity index (χ0n) is 16.1. The van der Waals surface area contributed by atoms with Crippen LogP contribution in [-0.4, -0.2) is 24.1 Å². The van der Waals surface area contributed by atoms with E-state index < -0.39 is 5.97 Å². The molecule has 1 amide bonds. The molecule has 0 saturated carbocycles. The van der Waals surface area contributed by atoms with E-state index >= 15 is 0 Å². The Kier molecular flexibility index (Phi) is 5.04. The molecule has 1 aliphatic rings. The number of hydrogen-bond acceptors (Lipinski definition) is 3. The topological polar surface area (TPSA) is 75.6 Å². The molecular weight excluding hydrogens is 366 g/mol. The molecule has 0 aliphatic heterocycles. The highest BCUT2D eigenvalue weighted by Crippen LogP contribution is 2.35. The Hall–Kier alpha value is -3.60. The van der Waals surface area contributed by atoms with Crippen molar-refractivity contribution in [3.63, 3.8) is 0 Å². The smallest absolute Gasteiger partial charge is 0.332 e. The van der Waals surface area contributed by atoms with E-state index in [0.29, 0.717) is 30.5 Å². The van der Waals surface area contributed by atoms with Crippen LogP contribution in [0.1, 0.15) is 19.3 Å². The first kappa shape index (κ1) is 18.7. The second kappa shape index (κ2) is 7.80. The quantitative estimate of drug-likeness (QED) is 0.645. The fraction of sp³-hybridized carbons (Fsp3) is 0.167. The van der Waals surface area contributed by atoms with Crippen LogP contribution in [0.3, 0.4) is 0 Å². The standard InChI is InChI=1S/C24H21NO4/c1-29-16-7-4-6-15(14-16)17-12-13-22(19-9-3-2-8-18(17)19)25-23(26)20-10-5-11-21(20)24(27)28/h2-4,6-9,12-14H,5,10-11H2,1H3,(H,25,26)(H,27,28). The number of carbonyl (C=O) groups is 2. The van der Waals surface area contributed by atoms with E-state index in [1.54, 1.807) is 7.11 Å². The van der Waals surface area contributed by atoms with Gasteiger partial charge < -0.3 is 15.2 Å². The minimum atomic E-state index is -1.01. The molecule has 3 aromatic carbocycles. The summed E-state index contributed by atoms with van der Waals surface area (Å²) >= 11 is 0. The Labute approximate surface area is 168 Å². The lowest BCUT2D eigenvalue weighted by molar-refractivity contribution is -0.133. The van der Waals surface area contributed by atoms with Crippen molar-refractivity contribution in [3.05, 3.63) is 71.8 Å². The van der Waals surface area contributed by atoms with E-state index in [4.69, 9.17) is 4.74 Å². The van der Waals surface area contributed by atoms with Crippen molar-refractivity contribution in [1.82, 2.24) is 0 Å². The third-order valence-electron chi connectivity index (χ3n) is 5.30. The summed E-state index contributed by atoms with van der Waals surface area (Å²) in [5, 5.41) is 14.2. The highest BCUT2D eigenvalue weighted by atomic mass is 16.5. The molecule has 5 heteroatoms. The summed E-state index contributed by atoms with van der Waals surface area (Å²) in [5.74, 6) is -0.566. The van der Waals surface area contributed by atoms with Gasteiger partial charge in [-0.2, -0.15) is 0 Å². The van der Waals surface area contributed by atoms with E-state index in [2.05, 4.69) is 5.32 Å². The Morgan fingerprint density at radius 1 is 0.931 bits per heavy atom. The number of anilines is 1. The van der Waals surface area contributed by atoms with Gasteiger partial charge in [0.2, 0.25) is 0 Å². The van der Waals surface area contributed by atoms with Crippen molar-refractivity contribution < 1.29 is 19.4 Å². The number of ether oxygens (including phenoxy) is 1. The lowest BCUT2D eigenvalue weighted by Gasteiger charge is -2.14. The number of carboxylic acids is 1. The molecule has 0 unspecified atom stereocenters. The summed E-state index contributed by atoms with van der Waals surface area (Å²) < 4.78 is 5.34. The van der Waals surface area contributed by atoms with Gasteiger partial charge in [0.05, 0.1) is 7.11 Å². The van der Waals surface area contributed by atoms with E-state index in [0.717, 1.165) is 27.6 Å². The number of hydrogen-bond donors (Lipinski definition) is 2. The molecule has 3 aromatic rings. The van der Waals surface area contributed by atoms with Gasteiger partial charge in [0.1, 0.15) is 5.75 Å². The summed E-state index contributed by atoms with van der Waals surface area (Å²) in [5.41, 5.74) is 3.31. The van der Waals surface area contributed by atoms with Gasteiger partial charge in [-0.3, -0.25) is 4.79 Å². The molecule has 2 N–H and O–H groups in total. The van der Waals surface area contributed by atoms with E-state index in [1.807, 2.05) is 60.7 Å². The first-order valence-electron chi connectivity index (χ1n) is 9.51. The number of benzene rings is 3. The predicted molar refractivity (Wildman–Crippen MR) is 113 cm³/mol. The van der Waals surface area contributed by atoms with Crippen molar-refractivity contribution in [1.29, 1.82) is 0 Å². The Bertz CT molecular complexity index is 1150. The van der Waals surface area contributed by atoms with Crippen LogP contribution in [0.25, 0.3) is 21.9 Å². The van der Waals surface area contributed by atoms with Gasteiger partial charge in [0, 0.05) is 22.2 Å². The molecule has 0 saturated heterocycles. The fourth-order valence-corrected chi connectivity index (χ4v) is 3.88. The lowest BCUT2D eigenvalue weighted by atomic mass is 9.97. The second-order valence-corrected chi connectivity index (χ2v) is 7.01. The van der Waals surface area contributed by atoms with Gasteiger partial charge in [-0.1, -0.05) is 42.5 Å². The maximum atomic E-state index is 12.8. The molecule has 5 nitrogen and oxygen atoms in total. The lowest BCUT2D eigenvalue weighted by Crippen LogP contribution is -2.16. The van der Waals surface area contributed by atoms with Gasteiger partial charge in [-0.05, 0) is 54.0 Å². The summed E-state index contributed by atoms with van der Waals surface area (Å²) in [6, 6.07) is 19.5. The van der Waals surface area contributed by atoms with Gasteiger partial charge in [0.15, 0.2) is 0 Å². The maximum absolute atomic E-state index is 12.8. The molecule has 0 spiro atoms. The van der Waals surface area contributed by atoms with Gasteiger partial charge in [-0.15, -0.1) is 0 Å². The molecule has 29 heavy (non-hydrogen) atoms. The van der Waals surface area contributed by atoms with E-state index in [1.165, 1.54) is 0 Å². The molecule has 0 radical (unpaired) electrons. The Morgan fingerprint density at radius 2 is 1.69 bits per heavy atom. The van der Waals surface area contributed by atoms with E-state index in [9.17, 15) is 14.7 Å². The van der Waals surface area contributed by atoms with Crippen LogP contribution in [0, 0.1) is 0 Å². The normalized spacial score (nSPS) is 13.6. The molecule has 0 heterocycles. The van der Waals surface area contributed by atoms with Crippen molar-refractivity contribution in [2.75, 3.05) is 12.4 Å². The van der Waals surface area contributed by atoms with Crippen LogP contribution in [0.4, 0.5) is 5.69 Å². The van der Waals surface area contributed by atoms with Gasteiger partial charge >= 0.3 is 5.97 Å². The molecule has 0 fully saturated rings. The van der Waals surface area contributed by atoms with Crippen LogP contribution < -0.4 is 10.1 Å². The highest BCUT2D eigenvalue weighted by Gasteiger charge is 2.25. The SMILES string of the molecule is COc1cccc(-c2ccc(NC(=O)C3=C(C(=O)O)CCC3)c3ccccc23)c1. The number of methoxy groups -OCH3 is 1. The molecule has 4 rings (SSSR count). The molecule has 1 aliphatic carbocycles.